The Morgan fingerprint density at radius 1 is 1.25 bits per heavy atom. The van der Waals surface area contributed by atoms with E-state index in [0.29, 0.717) is 4.90 Å². The second-order valence-corrected chi connectivity index (χ2v) is 7.92. The smallest absolute Gasteiger partial charge is 0.180 e. The van der Waals surface area contributed by atoms with Crippen LogP contribution in [0.3, 0.4) is 0 Å². The van der Waals surface area contributed by atoms with Crippen LogP contribution in [0.5, 0.6) is 0 Å². The highest BCUT2D eigenvalue weighted by molar-refractivity contribution is 7.91. The summed E-state index contributed by atoms with van der Waals surface area (Å²) < 4.78 is 24.4. The van der Waals surface area contributed by atoms with Crippen molar-refractivity contribution >= 4 is 15.5 Å². The van der Waals surface area contributed by atoms with Gasteiger partial charge in [-0.05, 0) is 38.9 Å². The highest BCUT2D eigenvalue weighted by atomic mass is 32.2. The van der Waals surface area contributed by atoms with E-state index in [2.05, 4.69) is 17.1 Å². The first-order valence-electron chi connectivity index (χ1n) is 7.17. The van der Waals surface area contributed by atoms with Gasteiger partial charge in [0.2, 0.25) is 0 Å². The Bertz CT molecular complexity index is 561. The molecular formula is C15H24N2O2S. The van der Waals surface area contributed by atoms with E-state index in [1.807, 2.05) is 19.2 Å². The van der Waals surface area contributed by atoms with Gasteiger partial charge in [-0.3, -0.25) is 0 Å². The lowest BCUT2D eigenvalue weighted by Gasteiger charge is -2.40. The molecular weight excluding hydrogens is 272 g/mol. The van der Waals surface area contributed by atoms with Gasteiger partial charge in [0, 0.05) is 18.6 Å². The molecule has 1 saturated heterocycles. The third-order valence-corrected chi connectivity index (χ3v) is 6.17. The van der Waals surface area contributed by atoms with Crippen LogP contribution >= 0.6 is 0 Å². The van der Waals surface area contributed by atoms with Gasteiger partial charge in [-0.2, -0.15) is 0 Å². The Kier molecular flexibility index (Phi) is 4.39. The summed E-state index contributed by atoms with van der Waals surface area (Å²) in [6.07, 6.45) is 2.04. The Balaban J connectivity index is 2.28. The van der Waals surface area contributed by atoms with Crippen LogP contribution in [0.4, 0.5) is 5.69 Å². The van der Waals surface area contributed by atoms with E-state index in [1.165, 1.54) is 0 Å². The van der Waals surface area contributed by atoms with Crippen molar-refractivity contribution in [3.8, 4) is 0 Å². The zero-order valence-electron chi connectivity index (χ0n) is 12.5. The quantitative estimate of drug-likeness (QED) is 0.924. The minimum Gasteiger partial charge on any atom is -0.370 e. The maximum Gasteiger partial charge on any atom is 0.180 e. The van der Waals surface area contributed by atoms with Crippen molar-refractivity contribution in [1.29, 1.82) is 0 Å². The molecule has 0 aromatic heterocycles. The molecule has 0 bridgehead atoms. The first-order chi connectivity index (χ1) is 9.42. The summed E-state index contributed by atoms with van der Waals surface area (Å²) in [4.78, 5) is 2.66. The van der Waals surface area contributed by atoms with Crippen molar-refractivity contribution < 1.29 is 8.42 Å². The zero-order valence-corrected chi connectivity index (χ0v) is 13.3. The molecule has 0 aliphatic carbocycles. The van der Waals surface area contributed by atoms with Crippen LogP contribution < -0.4 is 10.2 Å². The maximum atomic E-state index is 12.2. The molecule has 1 fully saturated rings. The molecule has 1 N–H and O–H groups in total. The molecule has 0 radical (unpaired) electrons. The summed E-state index contributed by atoms with van der Waals surface area (Å²) >= 11 is 0. The fourth-order valence-electron chi connectivity index (χ4n) is 2.63. The summed E-state index contributed by atoms with van der Waals surface area (Å²) in [6.45, 7) is 5.68. The molecule has 112 valence electrons. The van der Waals surface area contributed by atoms with E-state index in [-0.39, 0.29) is 11.3 Å². The molecule has 1 aromatic carbocycles. The van der Waals surface area contributed by atoms with Gasteiger partial charge in [-0.25, -0.2) is 8.42 Å². The average Bonchev–Trinajstić information content (AvgIpc) is 2.48. The van der Waals surface area contributed by atoms with Crippen molar-refractivity contribution in [1.82, 2.24) is 5.32 Å². The molecule has 4 nitrogen and oxygen atoms in total. The summed E-state index contributed by atoms with van der Waals surface area (Å²) in [6, 6.07) is 7.36. The van der Waals surface area contributed by atoms with Gasteiger partial charge in [-0.1, -0.05) is 19.1 Å². The molecule has 5 heteroatoms. The van der Waals surface area contributed by atoms with Crippen molar-refractivity contribution in [3.63, 3.8) is 0 Å². The first kappa shape index (κ1) is 15.3. The summed E-state index contributed by atoms with van der Waals surface area (Å²) in [5.74, 6) is 0.145. The predicted octanol–water partition coefficient (Wildman–Crippen LogP) is 2.06. The van der Waals surface area contributed by atoms with Crippen LogP contribution in [0.1, 0.15) is 26.7 Å². The summed E-state index contributed by atoms with van der Waals surface area (Å²) in [5, 5.41) is 3.36. The van der Waals surface area contributed by atoms with Crippen molar-refractivity contribution in [2.24, 2.45) is 0 Å². The normalized spacial score (nSPS) is 19.1. The fraction of sp³-hybridized carbons (Fsp3) is 0.600. The van der Waals surface area contributed by atoms with Gasteiger partial charge in [0.1, 0.15) is 0 Å². The number of para-hydroxylation sites is 1. The van der Waals surface area contributed by atoms with Gasteiger partial charge < -0.3 is 10.2 Å². The number of rotatable bonds is 4. The molecule has 0 spiro atoms. The molecule has 0 amide bonds. The van der Waals surface area contributed by atoms with Gasteiger partial charge in [0.15, 0.2) is 9.84 Å². The van der Waals surface area contributed by atoms with Crippen molar-refractivity contribution in [3.05, 3.63) is 24.3 Å². The molecule has 0 unspecified atom stereocenters. The van der Waals surface area contributed by atoms with E-state index >= 15 is 0 Å². The number of piperidine rings is 1. The molecule has 0 atom stereocenters. The van der Waals surface area contributed by atoms with E-state index in [9.17, 15) is 8.42 Å². The number of hydrogen-bond donors (Lipinski definition) is 1. The van der Waals surface area contributed by atoms with Crippen molar-refractivity contribution in [2.75, 3.05) is 30.8 Å². The van der Waals surface area contributed by atoms with E-state index in [1.54, 1.807) is 19.1 Å². The number of benzene rings is 1. The second kappa shape index (κ2) is 5.74. The Morgan fingerprint density at radius 3 is 2.40 bits per heavy atom. The molecule has 1 heterocycles. The van der Waals surface area contributed by atoms with Gasteiger partial charge in [0.05, 0.1) is 16.3 Å². The maximum absolute atomic E-state index is 12.2. The SMILES string of the molecule is CCS(=O)(=O)c1ccccc1N1CCC(C)(NC)CC1. The average molecular weight is 296 g/mol. The predicted molar refractivity (Wildman–Crippen MR) is 83.1 cm³/mol. The van der Waals surface area contributed by atoms with Gasteiger partial charge in [-0.15, -0.1) is 0 Å². The fourth-order valence-corrected chi connectivity index (χ4v) is 3.74. The van der Waals surface area contributed by atoms with Gasteiger partial charge >= 0.3 is 0 Å². The lowest BCUT2D eigenvalue weighted by Crippen LogP contribution is -2.50. The minimum absolute atomic E-state index is 0.145. The topological polar surface area (TPSA) is 49.4 Å². The number of nitrogens with zero attached hydrogens (tertiary/aromatic N) is 1. The number of hydrogen-bond acceptors (Lipinski definition) is 4. The highest BCUT2D eigenvalue weighted by Gasteiger charge is 2.30. The van der Waals surface area contributed by atoms with Crippen LogP contribution in [0.15, 0.2) is 29.2 Å². The van der Waals surface area contributed by atoms with E-state index in [0.717, 1.165) is 31.6 Å². The largest absolute Gasteiger partial charge is 0.370 e. The minimum atomic E-state index is -3.17. The summed E-state index contributed by atoms with van der Waals surface area (Å²) in [5.41, 5.74) is 1.02. The first-order valence-corrected chi connectivity index (χ1v) is 8.83. The number of anilines is 1. The van der Waals surface area contributed by atoms with Crippen molar-refractivity contribution in [2.45, 2.75) is 37.1 Å². The van der Waals surface area contributed by atoms with Crippen LogP contribution in [0, 0.1) is 0 Å². The lowest BCUT2D eigenvalue weighted by molar-refractivity contribution is 0.304. The standard InChI is InChI=1S/C15H24N2O2S/c1-4-20(18,19)14-8-6-5-7-13(14)17-11-9-15(2,16-3)10-12-17/h5-8,16H,4,9-12H2,1-3H3. The van der Waals surface area contributed by atoms with Gasteiger partial charge in [0.25, 0.3) is 0 Å². The number of sulfone groups is 1. The second-order valence-electron chi connectivity index (χ2n) is 5.67. The van der Waals surface area contributed by atoms with Crippen LogP contribution in [0.25, 0.3) is 0 Å². The third kappa shape index (κ3) is 2.99. The Hall–Kier alpha value is -1.07. The third-order valence-electron chi connectivity index (χ3n) is 4.39. The molecule has 1 aliphatic rings. The van der Waals surface area contributed by atoms with Crippen LogP contribution in [-0.4, -0.2) is 39.8 Å². The Morgan fingerprint density at radius 2 is 1.85 bits per heavy atom. The Labute approximate surface area is 122 Å². The molecule has 1 aromatic rings. The van der Waals surface area contributed by atoms with E-state index < -0.39 is 9.84 Å². The molecule has 2 rings (SSSR count). The van der Waals surface area contributed by atoms with Crippen LogP contribution in [-0.2, 0) is 9.84 Å². The van der Waals surface area contributed by atoms with Crippen LogP contribution in [0.2, 0.25) is 0 Å². The highest BCUT2D eigenvalue weighted by Crippen LogP contribution is 2.30. The molecule has 20 heavy (non-hydrogen) atoms. The molecule has 1 aliphatic heterocycles. The molecule has 0 saturated carbocycles. The lowest BCUT2D eigenvalue weighted by atomic mass is 9.89. The summed E-state index contributed by atoms with van der Waals surface area (Å²) in [7, 11) is -1.18. The van der Waals surface area contributed by atoms with E-state index in [4.69, 9.17) is 0 Å². The zero-order chi connectivity index (χ0) is 14.8. The number of nitrogens with one attached hydrogen (secondary N) is 1. The monoisotopic (exact) mass is 296 g/mol.